The molecule has 2 aromatic heterocycles. The van der Waals surface area contributed by atoms with Crippen molar-refractivity contribution in [3.63, 3.8) is 0 Å². The quantitative estimate of drug-likeness (QED) is 0.622. The Labute approximate surface area is 181 Å². The summed E-state index contributed by atoms with van der Waals surface area (Å²) in [5.41, 5.74) is 3.17. The van der Waals surface area contributed by atoms with Gasteiger partial charge < -0.3 is 4.57 Å². The summed E-state index contributed by atoms with van der Waals surface area (Å²) in [6.45, 7) is 2.64. The Balaban J connectivity index is 1.86. The fourth-order valence-electron chi connectivity index (χ4n) is 4.24. The minimum absolute atomic E-state index is 0.144. The molecular weight excluding hydrogens is 417 g/mol. The van der Waals surface area contributed by atoms with Crippen molar-refractivity contribution >= 4 is 20.9 Å². The van der Waals surface area contributed by atoms with Crippen molar-refractivity contribution in [3.8, 4) is 17.6 Å². The van der Waals surface area contributed by atoms with Gasteiger partial charge in [0.25, 0.3) is 0 Å². The molecule has 3 aromatic rings. The number of hydrogen-bond donors (Lipinski definition) is 1. The molecule has 162 valence electrons. The summed E-state index contributed by atoms with van der Waals surface area (Å²) >= 11 is 0. The van der Waals surface area contributed by atoms with Crippen molar-refractivity contribution < 1.29 is 12.8 Å². The fraction of sp³-hybridized carbons (Fsp3) is 0.409. The molecule has 0 amide bonds. The zero-order valence-corrected chi connectivity index (χ0v) is 18.3. The third-order valence-corrected chi connectivity index (χ3v) is 7.24. The van der Waals surface area contributed by atoms with Gasteiger partial charge in [-0.2, -0.15) is 5.26 Å². The molecule has 0 bridgehead atoms. The maximum Gasteiger partial charge on any atom is 0.243 e. The molecule has 1 aliphatic carbocycles. The van der Waals surface area contributed by atoms with E-state index in [4.69, 9.17) is 0 Å². The van der Waals surface area contributed by atoms with Gasteiger partial charge in [-0.25, -0.2) is 27.5 Å². The summed E-state index contributed by atoms with van der Waals surface area (Å²) in [6.07, 6.45) is 6.67. The molecule has 1 aliphatic rings. The lowest BCUT2D eigenvalue weighted by Gasteiger charge is -2.17. The lowest BCUT2D eigenvalue weighted by Crippen LogP contribution is -2.34. The van der Waals surface area contributed by atoms with Gasteiger partial charge in [0.1, 0.15) is 23.3 Å². The Morgan fingerprint density at radius 1 is 1.29 bits per heavy atom. The molecule has 0 unspecified atom stereocenters. The monoisotopic (exact) mass is 441 g/mol. The Bertz CT molecular complexity index is 1260. The van der Waals surface area contributed by atoms with Crippen LogP contribution in [-0.4, -0.2) is 35.7 Å². The summed E-state index contributed by atoms with van der Waals surface area (Å²) in [7, 11) is -3.93. The Morgan fingerprint density at radius 2 is 1.97 bits per heavy atom. The molecule has 0 spiro atoms. The average molecular weight is 442 g/mol. The first kappa shape index (κ1) is 21.4. The highest BCUT2D eigenvalue weighted by Crippen LogP contribution is 2.40. The Kier molecular flexibility index (Phi) is 5.77. The van der Waals surface area contributed by atoms with Crippen molar-refractivity contribution in [1.29, 1.82) is 5.26 Å². The van der Waals surface area contributed by atoms with Crippen molar-refractivity contribution in [2.45, 2.75) is 56.5 Å². The van der Waals surface area contributed by atoms with Crippen LogP contribution in [0.25, 0.3) is 22.4 Å². The maximum atomic E-state index is 12.7. The Morgan fingerprint density at radius 3 is 2.58 bits per heavy atom. The summed E-state index contributed by atoms with van der Waals surface area (Å²) in [5, 5.41) is 10.8. The number of halogens is 1. The summed E-state index contributed by atoms with van der Waals surface area (Å²) in [4.78, 5) is 8.48. The second-order valence-corrected chi connectivity index (χ2v) is 9.80. The number of aromatic nitrogens is 3. The molecule has 1 fully saturated rings. The van der Waals surface area contributed by atoms with E-state index in [1.807, 2.05) is 19.1 Å². The van der Waals surface area contributed by atoms with Gasteiger partial charge in [0, 0.05) is 17.5 Å². The number of rotatable bonds is 6. The second-order valence-electron chi connectivity index (χ2n) is 8.08. The molecule has 31 heavy (non-hydrogen) atoms. The summed E-state index contributed by atoms with van der Waals surface area (Å²) in [6, 6.07) is 7.68. The molecule has 2 heterocycles. The normalized spacial score (nSPS) is 15.9. The largest absolute Gasteiger partial charge is 0.334 e. The maximum absolute atomic E-state index is 12.7. The number of nitriles is 1. The van der Waals surface area contributed by atoms with Gasteiger partial charge in [-0.1, -0.05) is 25.0 Å². The molecule has 7 nitrogen and oxygen atoms in total. The van der Waals surface area contributed by atoms with E-state index in [0.717, 1.165) is 42.1 Å². The van der Waals surface area contributed by atoms with E-state index in [1.165, 1.54) is 19.3 Å². The number of hydrogen-bond acceptors (Lipinski definition) is 5. The molecule has 0 radical (unpaired) electrons. The third kappa shape index (κ3) is 3.93. The zero-order valence-electron chi connectivity index (χ0n) is 17.5. The smallest absolute Gasteiger partial charge is 0.243 e. The van der Waals surface area contributed by atoms with Crippen LogP contribution in [0, 0.1) is 18.3 Å². The molecule has 0 saturated heterocycles. The number of sulfonamides is 1. The molecule has 1 aromatic carbocycles. The zero-order chi connectivity index (χ0) is 22.2. The SMILES string of the molecule is Cc1ccc2c(C#N)c(-c3ncc(S(=O)(=O)N[C@@H](C)CF)cn3)n(C3CCCC3)c2c1. The van der Waals surface area contributed by atoms with Crippen LogP contribution in [0.15, 0.2) is 35.5 Å². The highest BCUT2D eigenvalue weighted by molar-refractivity contribution is 7.89. The number of benzene rings is 1. The van der Waals surface area contributed by atoms with Crippen molar-refractivity contribution in [1.82, 2.24) is 19.3 Å². The van der Waals surface area contributed by atoms with E-state index < -0.39 is 22.7 Å². The highest BCUT2D eigenvalue weighted by Gasteiger charge is 2.28. The third-order valence-electron chi connectivity index (χ3n) is 5.70. The van der Waals surface area contributed by atoms with E-state index in [1.54, 1.807) is 0 Å². The van der Waals surface area contributed by atoms with E-state index in [0.29, 0.717) is 17.1 Å². The topological polar surface area (TPSA) is 101 Å². The molecule has 9 heteroatoms. The van der Waals surface area contributed by atoms with Crippen LogP contribution in [0.4, 0.5) is 4.39 Å². The van der Waals surface area contributed by atoms with Crippen molar-refractivity contribution in [2.75, 3.05) is 6.67 Å². The van der Waals surface area contributed by atoms with E-state index in [9.17, 15) is 18.1 Å². The summed E-state index contributed by atoms with van der Waals surface area (Å²) < 4.78 is 42.0. The highest BCUT2D eigenvalue weighted by atomic mass is 32.2. The van der Waals surface area contributed by atoms with Gasteiger partial charge in [-0.3, -0.25) is 0 Å². The first-order chi connectivity index (χ1) is 14.9. The van der Waals surface area contributed by atoms with Crippen LogP contribution in [0.5, 0.6) is 0 Å². The number of nitrogens with one attached hydrogen (secondary N) is 1. The first-order valence-electron chi connectivity index (χ1n) is 10.3. The predicted octanol–water partition coefficient (Wildman–Crippen LogP) is 4.03. The van der Waals surface area contributed by atoms with Gasteiger partial charge in [0.2, 0.25) is 10.0 Å². The molecule has 0 aliphatic heterocycles. The van der Waals surface area contributed by atoms with Crippen LogP contribution in [-0.2, 0) is 10.0 Å². The van der Waals surface area contributed by atoms with Crippen LogP contribution in [0.2, 0.25) is 0 Å². The first-order valence-corrected chi connectivity index (χ1v) is 11.8. The van der Waals surface area contributed by atoms with Crippen LogP contribution in [0.3, 0.4) is 0 Å². The Hall–Kier alpha value is -2.83. The molecular formula is C22H24FN5O2S. The number of aryl methyl sites for hydroxylation is 1. The van der Waals surface area contributed by atoms with Crippen molar-refractivity contribution in [3.05, 3.63) is 41.7 Å². The van der Waals surface area contributed by atoms with Gasteiger partial charge in [0.05, 0.1) is 23.5 Å². The van der Waals surface area contributed by atoms with Gasteiger partial charge in [0.15, 0.2) is 5.82 Å². The van der Waals surface area contributed by atoms with Gasteiger partial charge >= 0.3 is 0 Å². The summed E-state index contributed by atoms with van der Waals surface area (Å²) in [5.74, 6) is 0.301. The van der Waals surface area contributed by atoms with E-state index >= 15 is 0 Å². The number of alkyl halides is 1. The average Bonchev–Trinajstić information content (AvgIpc) is 3.38. The predicted molar refractivity (Wildman–Crippen MR) is 116 cm³/mol. The minimum atomic E-state index is -3.93. The second kappa shape index (κ2) is 8.36. The fourth-order valence-corrected chi connectivity index (χ4v) is 5.35. The van der Waals surface area contributed by atoms with Gasteiger partial charge in [-0.05, 0) is 38.3 Å². The van der Waals surface area contributed by atoms with Crippen LogP contribution >= 0.6 is 0 Å². The van der Waals surface area contributed by atoms with E-state index in [-0.39, 0.29) is 10.9 Å². The van der Waals surface area contributed by atoms with E-state index in [2.05, 4.69) is 31.4 Å². The van der Waals surface area contributed by atoms with Crippen LogP contribution in [0.1, 0.15) is 49.8 Å². The lowest BCUT2D eigenvalue weighted by atomic mass is 10.1. The van der Waals surface area contributed by atoms with Crippen molar-refractivity contribution in [2.24, 2.45) is 0 Å². The molecule has 4 rings (SSSR count). The molecule has 1 atom stereocenters. The van der Waals surface area contributed by atoms with Gasteiger partial charge in [-0.15, -0.1) is 0 Å². The number of nitrogens with zero attached hydrogens (tertiary/aromatic N) is 4. The number of fused-ring (bicyclic) bond motifs is 1. The standard InChI is InChI=1S/C22H24FN5O2S/c1-14-7-8-18-19(11-24)21(28(20(18)9-14)16-5-3-4-6-16)22-25-12-17(13-26-22)31(29,30)27-15(2)10-23/h7-9,12-13,15-16,27H,3-6,10H2,1-2H3/t15-/m0/s1. The lowest BCUT2D eigenvalue weighted by molar-refractivity contribution is 0.423. The minimum Gasteiger partial charge on any atom is -0.334 e. The molecule has 1 saturated carbocycles. The van der Waals surface area contributed by atoms with Crippen LogP contribution < -0.4 is 4.72 Å². The molecule has 1 N–H and O–H groups in total.